The monoisotopic (exact) mass is 1180 g/mol. The number of nitrogens with zero attached hydrogens (tertiary/aromatic N) is 4. The summed E-state index contributed by atoms with van der Waals surface area (Å²) >= 11 is 0. The molecule has 0 unspecified atom stereocenters. The minimum absolute atomic E-state index is 1.18. The van der Waals surface area contributed by atoms with Crippen LogP contribution in [0.1, 0.15) is 285 Å². The lowest BCUT2D eigenvalue weighted by Crippen LogP contribution is -2.32. The molecule has 14 heteroatoms. The van der Waals surface area contributed by atoms with Gasteiger partial charge in [0.2, 0.25) is 0 Å². The molecular formula is C68H120N4O8S2. The number of rotatable bonds is 44. The molecule has 0 aromatic carbocycles. The fourth-order valence-electron chi connectivity index (χ4n) is 9.46. The van der Waals surface area contributed by atoms with Gasteiger partial charge in [-0.3, -0.25) is 16.8 Å². The van der Waals surface area contributed by atoms with Gasteiger partial charge in [0.05, 0.1) is 0 Å². The van der Waals surface area contributed by atoms with Gasteiger partial charge in [-0.05, 0) is 25.7 Å². The third-order valence-electron chi connectivity index (χ3n) is 14.2. The van der Waals surface area contributed by atoms with Crippen LogP contribution in [0.2, 0.25) is 0 Å². The summed E-state index contributed by atoms with van der Waals surface area (Å²) in [7, 11) is -10.3. The summed E-state index contributed by atoms with van der Waals surface area (Å²) in [4.78, 5) is 0. The molecule has 0 bridgehead atoms. The first-order valence-corrected chi connectivity index (χ1v) is 35.5. The van der Waals surface area contributed by atoms with E-state index in [9.17, 15) is 0 Å². The molecule has 4 aromatic rings. The fraction of sp³-hybridized carbons (Fsp3) is 0.706. The van der Waals surface area contributed by atoms with Gasteiger partial charge in [0.25, 0.3) is 0 Å². The topological polar surface area (TPSA) is 176 Å². The van der Waals surface area contributed by atoms with Crippen LogP contribution >= 0.6 is 0 Å². The van der Waals surface area contributed by atoms with Gasteiger partial charge >= 0.3 is 0 Å². The second-order valence-corrected chi connectivity index (χ2v) is 23.6. The first kappa shape index (κ1) is 80.4. The predicted molar refractivity (Wildman–Crippen MR) is 335 cm³/mol. The Morgan fingerprint density at radius 2 is 0.317 bits per heavy atom. The van der Waals surface area contributed by atoms with Gasteiger partial charge in [-0.25, -0.2) is 18.3 Å². The molecule has 82 heavy (non-hydrogen) atoms. The van der Waals surface area contributed by atoms with Crippen molar-refractivity contribution in [3.63, 3.8) is 0 Å². The quantitative estimate of drug-likeness (QED) is 0.0182. The molecule has 0 N–H and O–H groups in total. The van der Waals surface area contributed by atoms with E-state index in [0.717, 1.165) is 0 Å². The van der Waals surface area contributed by atoms with E-state index in [2.05, 4.69) is 168 Å². The maximum Gasteiger partial charge on any atom is 0.168 e. The van der Waals surface area contributed by atoms with Crippen molar-refractivity contribution < 1.29 is 53.3 Å². The first-order valence-electron chi connectivity index (χ1n) is 32.8. The van der Waals surface area contributed by atoms with E-state index >= 15 is 0 Å². The molecule has 0 saturated carbocycles. The Balaban J connectivity index is 0. The van der Waals surface area contributed by atoms with Gasteiger partial charge in [0.15, 0.2) is 49.6 Å². The van der Waals surface area contributed by atoms with Crippen LogP contribution < -0.4 is 18.3 Å². The summed E-state index contributed by atoms with van der Waals surface area (Å²) in [5.74, 6) is 0. The third-order valence-corrected chi connectivity index (χ3v) is 14.2. The van der Waals surface area contributed by atoms with Crippen LogP contribution in [-0.4, -0.2) is 35.0 Å². The summed E-state index contributed by atoms with van der Waals surface area (Å²) < 4.78 is 77.3. The van der Waals surface area contributed by atoms with E-state index < -0.39 is 20.8 Å². The zero-order chi connectivity index (χ0) is 60.6. The average molecular weight is 1190 g/mol. The van der Waals surface area contributed by atoms with Crippen LogP contribution in [-0.2, 0) is 47.0 Å². The molecular weight excluding hydrogens is 1060 g/mol. The summed E-state index contributed by atoms with van der Waals surface area (Å²) in [6.07, 6.45) is 73.9. The molecule has 0 amide bonds. The predicted octanol–water partition coefficient (Wildman–Crippen LogP) is 16.9. The van der Waals surface area contributed by atoms with Gasteiger partial charge in [0.1, 0.15) is 26.2 Å². The number of hydrogen-bond donors (Lipinski definition) is 0. The van der Waals surface area contributed by atoms with E-state index in [1.54, 1.807) is 0 Å². The van der Waals surface area contributed by atoms with E-state index in [0.29, 0.717) is 0 Å². The van der Waals surface area contributed by atoms with E-state index in [4.69, 9.17) is 35.0 Å². The van der Waals surface area contributed by atoms with E-state index in [-0.39, 0.29) is 0 Å². The molecule has 0 aliphatic rings. The van der Waals surface area contributed by atoms with Crippen molar-refractivity contribution in [2.45, 2.75) is 311 Å². The van der Waals surface area contributed by atoms with Crippen LogP contribution in [0.25, 0.3) is 0 Å². The van der Waals surface area contributed by atoms with Crippen molar-refractivity contribution in [2.24, 2.45) is 0 Å². The average Bonchev–Trinajstić information content (AvgIpc) is 3.46. The lowest BCUT2D eigenvalue weighted by Gasteiger charge is -2.06. The SMILES string of the molecule is CCCCCCCCCCCC[n+]1ccccc1.CCCCCCCCCCCC[n+]1ccccc1.CCCCCCCCCCCC[n+]1ccccc1.CCCCCCCCCCCC[n+]1ccccc1.O=S(=O)([O-])[O-].O=S(=O)([O-])[O-]. The largest absolute Gasteiger partial charge is 0.759 e. The zero-order valence-electron chi connectivity index (χ0n) is 52.5. The van der Waals surface area contributed by atoms with Gasteiger partial charge in [-0.15, -0.1) is 0 Å². The maximum atomic E-state index is 8.52. The van der Waals surface area contributed by atoms with Crippen molar-refractivity contribution in [3.8, 4) is 0 Å². The molecule has 0 aliphatic carbocycles. The van der Waals surface area contributed by atoms with Crippen LogP contribution in [0.5, 0.6) is 0 Å². The minimum Gasteiger partial charge on any atom is -0.759 e. The maximum absolute atomic E-state index is 8.52. The smallest absolute Gasteiger partial charge is 0.168 e. The first-order chi connectivity index (χ1) is 39.7. The number of pyridine rings is 4. The summed E-state index contributed by atoms with van der Waals surface area (Å²) in [5.41, 5.74) is 0. The molecule has 472 valence electrons. The standard InChI is InChI=1S/4C17H30N.2H2O4S/c4*1-2-3-4-5-6-7-8-9-10-12-15-18-16-13-11-14-17-18;2*1-5(2,3)4/h4*11,13-14,16-17H,2-10,12,15H2,1H3;2*(H2,1,2,3,4)/q4*+1;;/p-4. The molecule has 0 atom stereocenters. The lowest BCUT2D eigenvalue weighted by molar-refractivity contribution is -0.697. The summed E-state index contributed by atoms with van der Waals surface area (Å²) in [5, 5.41) is 0. The van der Waals surface area contributed by atoms with Crippen LogP contribution in [0, 0.1) is 0 Å². The fourth-order valence-corrected chi connectivity index (χ4v) is 9.46. The molecule has 0 spiro atoms. The van der Waals surface area contributed by atoms with Crippen molar-refractivity contribution in [3.05, 3.63) is 122 Å². The highest BCUT2D eigenvalue weighted by Gasteiger charge is 2.02. The number of hydrogen-bond acceptors (Lipinski definition) is 8. The molecule has 4 heterocycles. The van der Waals surface area contributed by atoms with Crippen molar-refractivity contribution in [1.82, 2.24) is 0 Å². The van der Waals surface area contributed by atoms with Crippen molar-refractivity contribution >= 4 is 20.8 Å². The van der Waals surface area contributed by atoms with Crippen molar-refractivity contribution in [2.75, 3.05) is 0 Å². The highest BCUT2D eigenvalue weighted by molar-refractivity contribution is 7.79. The Morgan fingerprint density at radius 3 is 0.439 bits per heavy atom. The summed E-state index contributed by atoms with van der Waals surface area (Å²) in [6.45, 7) is 13.8. The Morgan fingerprint density at radius 1 is 0.207 bits per heavy atom. The van der Waals surface area contributed by atoms with Crippen molar-refractivity contribution in [1.29, 1.82) is 0 Å². The van der Waals surface area contributed by atoms with E-state index in [1.807, 2.05) is 0 Å². The summed E-state index contributed by atoms with van der Waals surface area (Å²) in [6, 6.07) is 25.2. The highest BCUT2D eigenvalue weighted by Crippen LogP contribution is 2.14. The van der Waals surface area contributed by atoms with Gasteiger partial charge in [-0.1, -0.05) is 257 Å². The molecule has 0 aliphatic heterocycles. The highest BCUT2D eigenvalue weighted by atomic mass is 32.3. The Kier molecular flexibility index (Phi) is 62.1. The normalized spacial score (nSPS) is 10.8. The molecule has 12 nitrogen and oxygen atoms in total. The Bertz CT molecular complexity index is 1770. The number of aryl methyl sites for hydroxylation is 4. The van der Waals surface area contributed by atoms with E-state index in [1.165, 1.54) is 283 Å². The number of aromatic nitrogens is 4. The molecule has 4 aromatic heterocycles. The second kappa shape index (κ2) is 63.4. The third kappa shape index (κ3) is 74.4. The number of unbranched alkanes of at least 4 members (excludes halogenated alkanes) is 36. The van der Waals surface area contributed by atoms with Gasteiger partial charge < -0.3 is 18.2 Å². The molecule has 0 fully saturated rings. The zero-order valence-corrected chi connectivity index (χ0v) is 54.2. The van der Waals surface area contributed by atoms with Gasteiger partial charge in [0, 0.05) is 95.0 Å². The molecule has 0 radical (unpaired) electrons. The molecule has 4 rings (SSSR count). The molecule has 0 saturated heterocycles. The van der Waals surface area contributed by atoms with Crippen LogP contribution in [0.3, 0.4) is 0 Å². The Labute approximate surface area is 504 Å². The minimum atomic E-state index is -5.17. The second-order valence-electron chi connectivity index (χ2n) is 22.0. The Hall–Kier alpha value is -3.66. The lowest BCUT2D eigenvalue weighted by atomic mass is 10.1. The van der Waals surface area contributed by atoms with Crippen LogP contribution in [0.15, 0.2) is 122 Å². The van der Waals surface area contributed by atoms with Gasteiger partial charge in [-0.2, -0.15) is 0 Å². The van der Waals surface area contributed by atoms with Crippen LogP contribution in [0.4, 0.5) is 0 Å².